The van der Waals surface area contributed by atoms with Crippen LogP contribution in [0.25, 0.3) is 11.0 Å². The van der Waals surface area contributed by atoms with Gasteiger partial charge in [0, 0.05) is 31.1 Å². The summed E-state index contributed by atoms with van der Waals surface area (Å²) in [4.78, 5) is 12.1. The van der Waals surface area contributed by atoms with Crippen LogP contribution in [0.5, 0.6) is 5.75 Å². The van der Waals surface area contributed by atoms with Crippen molar-refractivity contribution in [3.63, 3.8) is 0 Å². The first kappa shape index (κ1) is 19.0. The summed E-state index contributed by atoms with van der Waals surface area (Å²) < 4.78 is 46.0. The third kappa shape index (κ3) is 3.99. The average molecular weight is 393 g/mol. The highest BCUT2D eigenvalue weighted by molar-refractivity contribution is 7.88. The Balaban J connectivity index is 1.63. The third-order valence-electron chi connectivity index (χ3n) is 3.95. The van der Waals surface area contributed by atoms with Crippen molar-refractivity contribution in [2.75, 3.05) is 21.2 Å². The first-order chi connectivity index (χ1) is 12.8. The van der Waals surface area contributed by atoms with Crippen molar-refractivity contribution in [2.45, 2.75) is 18.1 Å². The number of ether oxygens (including phenoxy) is 2. The maximum Gasteiger partial charge on any atom is 0.310 e. The number of methoxy groups -OCH3 is 1. The number of furan rings is 2. The molecule has 27 heavy (non-hydrogen) atoms. The van der Waals surface area contributed by atoms with E-state index in [2.05, 4.69) is 0 Å². The van der Waals surface area contributed by atoms with Gasteiger partial charge in [0.1, 0.15) is 23.7 Å². The minimum Gasteiger partial charge on any atom is -0.497 e. The van der Waals surface area contributed by atoms with Gasteiger partial charge in [0.05, 0.1) is 19.8 Å². The molecule has 0 amide bonds. The zero-order valence-electron chi connectivity index (χ0n) is 15.1. The van der Waals surface area contributed by atoms with Gasteiger partial charge >= 0.3 is 5.97 Å². The SMILES string of the molecule is COc1ccc2c(CC(=O)OCc3ccc(S(=O)(=O)N(C)C)o3)coc2c1. The highest BCUT2D eigenvalue weighted by atomic mass is 32.2. The quantitative estimate of drug-likeness (QED) is 0.569. The van der Waals surface area contributed by atoms with Crippen molar-refractivity contribution in [2.24, 2.45) is 0 Å². The summed E-state index contributed by atoms with van der Waals surface area (Å²) in [5.41, 5.74) is 1.30. The number of hydrogen-bond acceptors (Lipinski definition) is 7. The van der Waals surface area contributed by atoms with Gasteiger partial charge in [-0.2, -0.15) is 0 Å². The molecule has 9 heteroatoms. The molecule has 0 saturated carbocycles. The molecule has 0 saturated heterocycles. The Kier molecular flexibility index (Phi) is 5.24. The molecule has 0 radical (unpaired) electrons. The lowest BCUT2D eigenvalue weighted by Gasteiger charge is -2.07. The molecule has 3 rings (SSSR count). The van der Waals surface area contributed by atoms with Gasteiger partial charge in [-0.3, -0.25) is 4.79 Å². The van der Waals surface area contributed by atoms with E-state index in [1.165, 1.54) is 32.5 Å². The lowest BCUT2D eigenvalue weighted by Crippen LogP contribution is -2.21. The summed E-state index contributed by atoms with van der Waals surface area (Å²) >= 11 is 0. The number of rotatable bonds is 7. The zero-order chi connectivity index (χ0) is 19.6. The minimum absolute atomic E-state index is 0.0168. The van der Waals surface area contributed by atoms with E-state index in [-0.39, 0.29) is 23.9 Å². The zero-order valence-corrected chi connectivity index (χ0v) is 15.9. The van der Waals surface area contributed by atoms with Crippen LogP contribution in [0.1, 0.15) is 11.3 Å². The standard InChI is InChI=1S/C18H19NO7S/c1-19(2)27(21,22)18-7-5-14(26-18)11-25-17(20)8-12-10-24-16-9-13(23-3)4-6-15(12)16/h4-7,9-10H,8,11H2,1-3H3. The Bertz CT molecular complexity index is 1060. The van der Waals surface area contributed by atoms with Gasteiger partial charge in [0.2, 0.25) is 5.09 Å². The second kappa shape index (κ2) is 7.45. The van der Waals surface area contributed by atoms with Gasteiger partial charge < -0.3 is 18.3 Å². The Morgan fingerprint density at radius 2 is 1.96 bits per heavy atom. The fraction of sp³-hybridized carbons (Fsp3) is 0.278. The van der Waals surface area contributed by atoms with Crippen LogP contribution >= 0.6 is 0 Å². The average Bonchev–Trinajstić information content (AvgIpc) is 3.27. The molecule has 2 heterocycles. The van der Waals surface area contributed by atoms with Crippen LogP contribution in [0.3, 0.4) is 0 Å². The molecule has 0 bridgehead atoms. The van der Waals surface area contributed by atoms with E-state index < -0.39 is 16.0 Å². The molecule has 0 fully saturated rings. The van der Waals surface area contributed by atoms with Gasteiger partial charge in [-0.1, -0.05) is 0 Å². The van der Waals surface area contributed by atoms with E-state index >= 15 is 0 Å². The number of nitrogens with zero attached hydrogens (tertiary/aromatic N) is 1. The summed E-state index contributed by atoms with van der Waals surface area (Å²) in [6.45, 7) is -0.161. The molecule has 0 atom stereocenters. The molecule has 2 aromatic heterocycles. The number of sulfonamides is 1. The van der Waals surface area contributed by atoms with E-state index in [1.54, 1.807) is 19.2 Å². The van der Waals surface area contributed by atoms with Crippen molar-refractivity contribution >= 4 is 27.0 Å². The minimum atomic E-state index is -3.66. The van der Waals surface area contributed by atoms with E-state index in [9.17, 15) is 13.2 Å². The van der Waals surface area contributed by atoms with Gasteiger partial charge in [0.25, 0.3) is 10.0 Å². The Morgan fingerprint density at radius 3 is 2.67 bits per heavy atom. The summed E-state index contributed by atoms with van der Waals surface area (Å²) in [5.74, 6) is 0.416. The summed E-state index contributed by atoms with van der Waals surface area (Å²) in [6.07, 6.45) is 1.52. The van der Waals surface area contributed by atoms with Crippen LogP contribution in [0.2, 0.25) is 0 Å². The summed E-state index contributed by atoms with van der Waals surface area (Å²) in [7, 11) is 0.710. The van der Waals surface area contributed by atoms with E-state index in [4.69, 9.17) is 18.3 Å². The van der Waals surface area contributed by atoms with Gasteiger partial charge in [-0.15, -0.1) is 0 Å². The molecular weight excluding hydrogens is 374 g/mol. The largest absolute Gasteiger partial charge is 0.497 e. The van der Waals surface area contributed by atoms with E-state index in [0.717, 1.165) is 9.69 Å². The molecule has 0 N–H and O–H groups in total. The normalized spacial score (nSPS) is 11.9. The topological polar surface area (TPSA) is 99.2 Å². The fourth-order valence-corrected chi connectivity index (χ4v) is 3.25. The maximum atomic E-state index is 12.1. The second-order valence-electron chi connectivity index (χ2n) is 5.97. The smallest absolute Gasteiger partial charge is 0.310 e. The van der Waals surface area contributed by atoms with Crippen molar-refractivity contribution in [1.29, 1.82) is 0 Å². The monoisotopic (exact) mass is 393 g/mol. The van der Waals surface area contributed by atoms with Crippen molar-refractivity contribution in [1.82, 2.24) is 4.31 Å². The van der Waals surface area contributed by atoms with Gasteiger partial charge in [0.15, 0.2) is 0 Å². The molecule has 3 aromatic rings. The summed E-state index contributed by atoms with van der Waals surface area (Å²) in [6, 6.07) is 8.12. The predicted molar refractivity (Wildman–Crippen MR) is 95.8 cm³/mol. The molecule has 8 nitrogen and oxygen atoms in total. The molecule has 0 unspecified atom stereocenters. The molecule has 0 aliphatic heterocycles. The van der Waals surface area contributed by atoms with Gasteiger partial charge in [-0.05, 0) is 24.3 Å². The molecular formula is C18H19NO7S. The van der Waals surface area contributed by atoms with Crippen LogP contribution in [-0.4, -0.2) is 39.9 Å². The first-order valence-corrected chi connectivity index (χ1v) is 9.46. The van der Waals surface area contributed by atoms with Crippen molar-refractivity contribution in [3.05, 3.63) is 47.9 Å². The van der Waals surface area contributed by atoms with Crippen LogP contribution in [0, 0.1) is 0 Å². The molecule has 0 spiro atoms. The number of benzene rings is 1. The van der Waals surface area contributed by atoms with Crippen LogP contribution in [0.4, 0.5) is 0 Å². The fourth-order valence-electron chi connectivity index (χ4n) is 2.44. The third-order valence-corrected chi connectivity index (χ3v) is 5.63. The van der Waals surface area contributed by atoms with Crippen LogP contribution in [-0.2, 0) is 32.6 Å². The highest BCUT2D eigenvalue weighted by Crippen LogP contribution is 2.26. The predicted octanol–water partition coefficient (Wildman–Crippen LogP) is 2.57. The van der Waals surface area contributed by atoms with Crippen LogP contribution < -0.4 is 4.74 Å². The number of carbonyl (C=O) groups excluding carboxylic acids is 1. The van der Waals surface area contributed by atoms with Crippen molar-refractivity contribution < 1.29 is 31.5 Å². The maximum absolute atomic E-state index is 12.1. The van der Waals surface area contributed by atoms with Gasteiger partial charge in [-0.25, -0.2) is 12.7 Å². The Morgan fingerprint density at radius 1 is 1.19 bits per heavy atom. The van der Waals surface area contributed by atoms with Crippen molar-refractivity contribution in [3.8, 4) is 5.75 Å². The van der Waals surface area contributed by atoms with E-state index in [0.29, 0.717) is 16.9 Å². The number of hydrogen-bond donors (Lipinski definition) is 0. The molecule has 144 valence electrons. The Labute approximate surface area is 156 Å². The number of fused-ring (bicyclic) bond motifs is 1. The Hall–Kier alpha value is -2.78. The lowest BCUT2D eigenvalue weighted by atomic mass is 10.1. The van der Waals surface area contributed by atoms with Crippen LogP contribution in [0.15, 0.2) is 50.5 Å². The number of carbonyl (C=O) groups is 1. The lowest BCUT2D eigenvalue weighted by molar-refractivity contribution is -0.144. The molecule has 0 aliphatic rings. The molecule has 1 aromatic carbocycles. The highest BCUT2D eigenvalue weighted by Gasteiger charge is 2.22. The summed E-state index contributed by atoms with van der Waals surface area (Å²) in [5, 5.41) is 0.596. The molecule has 0 aliphatic carbocycles. The van der Waals surface area contributed by atoms with E-state index in [1.807, 2.05) is 6.07 Å². The first-order valence-electron chi connectivity index (χ1n) is 8.02. The second-order valence-corrected chi connectivity index (χ2v) is 8.05. The number of esters is 1.